The van der Waals surface area contributed by atoms with Crippen LogP contribution in [0.5, 0.6) is 0 Å². The number of nitrogens with one attached hydrogen (secondary N) is 1. The second-order valence-electron chi connectivity index (χ2n) is 5.33. The van der Waals surface area contributed by atoms with E-state index < -0.39 is 0 Å². The van der Waals surface area contributed by atoms with Crippen LogP contribution in [0.2, 0.25) is 0 Å². The molecule has 0 saturated carbocycles. The van der Waals surface area contributed by atoms with Gasteiger partial charge in [-0.05, 0) is 33.2 Å². The van der Waals surface area contributed by atoms with Crippen LogP contribution in [-0.4, -0.2) is 45.9 Å². The highest BCUT2D eigenvalue weighted by Crippen LogP contribution is 2.13. The summed E-state index contributed by atoms with van der Waals surface area (Å²) in [5.41, 5.74) is 0.562. The van der Waals surface area contributed by atoms with Gasteiger partial charge >= 0.3 is 0 Å². The van der Waals surface area contributed by atoms with Crippen molar-refractivity contribution in [3.05, 3.63) is 24.3 Å². The van der Waals surface area contributed by atoms with E-state index in [2.05, 4.69) is 15.3 Å². The molecule has 1 aromatic heterocycles. The molecule has 1 atom stereocenters. The van der Waals surface area contributed by atoms with Crippen LogP contribution in [0.25, 0.3) is 0 Å². The molecule has 0 aromatic carbocycles. The van der Waals surface area contributed by atoms with E-state index in [0.717, 1.165) is 19.5 Å². The smallest absolute Gasteiger partial charge is 0.257 e. The van der Waals surface area contributed by atoms with Crippen LogP contribution in [0, 0.1) is 0 Å². The Morgan fingerprint density at radius 2 is 2.16 bits per heavy atom. The molecule has 1 aliphatic rings. The van der Waals surface area contributed by atoms with E-state index in [1.165, 1.54) is 19.2 Å². The number of piperidine rings is 1. The highest BCUT2D eigenvalue weighted by molar-refractivity contribution is 5.93. The number of carbonyl (C=O) groups excluding carboxylic acids is 1. The number of nitrogens with zero attached hydrogens (tertiary/aromatic N) is 3. The molecule has 1 aliphatic heterocycles. The zero-order valence-electron chi connectivity index (χ0n) is 11.7. The van der Waals surface area contributed by atoms with Gasteiger partial charge in [0.25, 0.3) is 5.91 Å². The maximum atomic E-state index is 12.5. The minimum Gasteiger partial charge on any atom is -0.335 e. The van der Waals surface area contributed by atoms with Gasteiger partial charge in [-0.1, -0.05) is 6.42 Å². The van der Waals surface area contributed by atoms with Crippen molar-refractivity contribution < 1.29 is 4.79 Å². The monoisotopic (exact) mass is 262 g/mol. The van der Waals surface area contributed by atoms with Crippen molar-refractivity contribution in [1.29, 1.82) is 0 Å². The molecule has 0 radical (unpaired) electrons. The van der Waals surface area contributed by atoms with Crippen LogP contribution < -0.4 is 5.32 Å². The Labute approximate surface area is 114 Å². The van der Waals surface area contributed by atoms with Crippen molar-refractivity contribution >= 4 is 5.91 Å². The minimum absolute atomic E-state index is 0.0166. The van der Waals surface area contributed by atoms with Crippen LogP contribution in [-0.2, 0) is 0 Å². The maximum Gasteiger partial charge on any atom is 0.257 e. The third-order valence-electron chi connectivity index (χ3n) is 3.52. The van der Waals surface area contributed by atoms with Crippen molar-refractivity contribution in [2.75, 3.05) is 13.1 Å². The van der Waals surface area contributed by atoms with Gasteiger partial charge in [-0.3, -0.25) is 4.79 Å². The molecule has 19 heavy (non-hydrogen) atoms. The molecule has 1 N–H and O–H groups in total. The average Bonchev–Trinajstić information content (AvgIpc) is 2.46. The fourth-order valence-corrected chi connectivity index (χ4v) is 2.42. The molecule has 2 heterocycles. The van der Waals surface area contributed by atoms with Crippen molar-refractivity contribution in [1.82, 2.24) is 20.2 Å². The summed E-state index contributed by atoms with van der Waals surface area (Å²) in [5.74, 6) is 0.0166. The highest BCUT2D eigenvalue weighted by Gasteiger charge is 2.23. The van der Waals surface area contributed by atoms with Crippen molar-refractivity contribution in [3.63, 3.8) is 0 Å². The third-order valence-corrected chi connectivity index (χ3v) is 3.52. The van der Waals surface area contributed by atoms with Crippen LogP contribution in [0.3, 0.4) is 0 Å². The zero-order valence-corrected chi connectivity index (χ0v) is 11.7. The van der Waals surface area contributed by atoms with Crippen molar-refractivity contribution in [2.24, 2.45) is 0 Å². The van der Waals surface area contributed by atoms with Gasteiger partial charge in [0.15, 0.2) is 0 Å². The molecular formula is C14H22N4O. The summed E-state index contributed by atoms with van der Waals surface area (Å²) in [5, 5.41) is 3.49. The predicted octanol–water partition coefficient (Wildman–Crippen LogP) is 1.47. The first-order valence-electron chi connectivity index (χ1n) is 6.98. The van der Waals surface area contributed by atoms with Gasteiger partial charge in [-0.15, -0.1) is 0 Å². The van der Waals surface area contributed by atoms with Gasteiger partial charge < -0.3 is 10.2 Å². The average molecular weight is 262 g/mol. The molecule has 1 aromatic rings. The molecule has 0 bridgehead atoms. The Morgan fingerprint density at radius 1 is 1.42 bits per heavy atom. The molecular weight excluding hydrogens is 240 g/mol. The third kappa shape index (κ3) is 3.73. The number of rotatable bonds is 4. The first-order valence-corrected chi connectivity index (χ1v) is 6.98. The SMILES string of the molecule is CC(C)N(CC1CCCCN1)C(=O)c1cncnc1. The van der Waals surface area contributed by atoms with E-state index in [9.17, 15) is 4.79 Å². The summed E-state index contributed by atoms with van der Waals surface area (Å²) in [6.45, 7) is 5.90. The Balaban J connectivity index is 2.05. The molecule has 0 aliphatic carbocycles. The largest absolute Gasteiger partial charge is 0.335 e. The molecule has 2 rings (SSSR count). The summed E-state index contributed by atoms with van der Waals surface area (Å²) in [4.78, 5) is 22.2. The summed E-state index contributed by atoms with van der Waals surface area (Å²) in [7, 11) is 0. The first-order chi connectivity index (χ1) is 9.18. The molecule has 1 amide bonds. The molecule has 104 valence electrons. The van der Waals surface area contributed by atoms with Gasteiger partial charge in [0.2, 0.25) is 0 Å². The fraction of sp³-hybridized carbons (Fsp3) is 0.643. The minimum atomic E-state index is 0.0166. The highest BCUT2D eigenvalue weighted by atomic mass is 16.2. The molecule has 1 saturated heterocycles. The summed E-state index contributed by atoms with van der Waals surface area (Å²) < 4.78 is 0. The van der Waals surface area contributed by atoms with Crippen LogP contribution in [0.4, 0.5) is 0 Å². The quantitative estimate of drug-likeness (QED) is 0.892. The van der Waals surface area contributed by atoms with Crippen molar-refractivity contribution in [3.8, 4) is 0 Å². The van der Waals surface area contributed by atoms with Crippen LogP contribution in [0.15, 0.2) is 18.7 Å². The normalized spacial score (nSPS) is 19.4. The second-order valence-corrected chi connectivity index (χ2v) is 5.33. The number of aromatic nitrogens is 2. The standard InChI is InChI=1S/C14H22N4O/c1-11(2)18(9-13-5-3-4-6-17-13)14(19)12-7-15-10-16-8-12/h7-8,10-11,13,17H,3-6,9H2,1-2H3. The Morgan fingerprint density at radius 3 is 2.74 bits per heavy atom. The molecule has 1 fully saturated rings. The summed E-state index contributed by atoms with van der Waals surface area (Å²) >= 11 is 0. The first kappa shape index (κ1) is 13.9. The molecule has 1 unspecified atom stereocenters. The van der Waals surface area contributed by atoms with Gasteiger partial charge in [-0.25, -0.2) is 9.97 Å². The molecule has 0 spiro atoms. The van der Waals surface area contributed by atoms with Gasteiger partial charge in [-0.2, -0.15) is 0 Å². The Kier molecular flexibility index (Phi) is 4.85. The number of amides is 1. The lowest BCUT2D eigenvalue weighted by molar-refractivity contribution is 0.0676. The van der Waals surface area contributed by atoms with E-state index in [4.69, 9.17) is 0 Å². The fourth-order valence-electron chi connectivity index (χ4n) is 2.42. The van der Waals surface area contributed by atoms with Gasteiger partial charge in [0.05, 0.1) is 5.56 Å². The Hall–Kier alpha value is -1.49. The lowest BCUT2D eigenvalue weighted by atomic mass is 10.0. The van der Waals surface area contributed by atoms with E-state index in [1.54, 1.807) is 12.4 Å². The lowest BCUT2D eigenvalue weighted by Gasteiger charge is -2.33. The number of hydrogen-bond donors (Lipinski definition) is 1. The zero-order chi connectivity index (χ0) is 13.7. The summed E-state index contributed by atoms with van der Waals surface area (Å²) in [6.07, 6.45) is 8.23. The lowest BCUT2D eigenvalue weighted by Crippen LogP contribution is -2.48. The predicted molar refractivity (Wildman–Crippen MR) is 73.8 cm³/mol. The number of carbonyl (C=O) groups is 1. The number of hydrogen-bond acceptors (Lipinski definition) is 4. The maximum absolute atomic E-state index is 12.5. The van der Waals surface area contributed by atoms with Gasteiger partial charge in [0, 0.05) is 31.0 Å². The van der Waals surface area contributed by atoms with E-state index in [-0.39, 0.29) is 11.9 Å². The van der Waals surface area contributed by atoms with Crippen LogP contribution in [0.1, 0.15) is 43.5 Å². The van der Waals surface area contributed by atoms with Crippen LogP contribution >= 0.6 is 0 Å². The molecule has 5 heteroatoms. The second kappa shape index (κ2) is 6.61. The van der Waals surface area contributed by atoms with E-state index >= 15 is 0 Å². The topological polar surface area (TPSA) is 58.1 Å². The van der Waals surface area contributed by atoms with Gasteiger partial charge in [0.1, 0.15) is 6.33 Å². The summed E-state index contributed by atoms with van der Waals surface area (Å²) in [6, 6.07) is 0.584. The van der Waals surface area contributed by atoms with E-state index in [0.29, 0.717) is 11.6 Å². The van der Waals surface area contributed by atoms with E-state index in [1.807, 2.05) is 18.7 Å². The van der Waals surface area contributed by atoms with Crippen molar-refractivity contribution in [2.45, 2.75) is 45.2 Å². The Bertz CT molecular complexity index is 401. The molecule has 5 nitrogen and oxygen atoms in total.